The third-order valence-corrected chi connectivity index (χ3v) is 0.972. The number of aliphatic carboxylic acids is 1. The van der Waals surface area contributed by atoms with Crippen molar-refractivity contribution in [3.05, 3.63) is 24.2 Å². The first-order chi connectivity index (χ1) is 4.72. The first-order valence-corrected chi connectivity index (χ1v) is 2.55. The molecule has 0 bridgehead atoms. The fourth-order valence-corrected chi connectivity index (χ4v) is 0.521. The summed E-state index contributed by atoms with van der Waals surface area (Å²) in [6.07, 6.45) is 1.30. The number of hydrogen-bond donors (Lipinski definition) is 2. The van der Waals surface area contributed by atoms with Gasteiger partial charge >= 0.3 is 0 Å². The number of carbonyl (C=O) groups excluding carboxylic acids is 1. The second kappa shape index (κ2) is 3.52. The highest BCUT2D eigenvalue weighted by Crippen LogP contribution is 1.99. The van der Waals surface area contributed by atoms with E-state index in [4.69, 9.17) is 5.41 Å². The fraction of sp³-hybridized carbons (Fsp3) is 0. The monoisotopic (exact) mass is 156 g/mol. The second-order valence-electron chi connectivity index (χ2n) is 1.64. The van der Waals surface area contributed by atoms with Crippen LogP contribution in [-0.2, 0) is 4.79 Å². The number of hydrogen-bond acceptors (Lipinski definition) is 4. The number of nitrogens with one attached hydrogen (secondary N) is 1. The van der Waals surface area contributed by atoms with E-state index in [1.165, 1.54) is 18.4 Å². The Morgan fingerprint density at radius 3 is 2.64 bits per heavy atom. The molecule has 0 aliphatic heterocycles. The molecule has 1 aromatic rings. The molecule has 0 fully saturated rings. The van der Waals surface area contributed by atoms with Crippen LogP contribution in [0.25, 0.3) is 0 Å². The SMILES string of the molecule is N=C(C(=O)[O-])c1ccco1.[NH4+]. The highest BCUT2D eigenvalue weighted by Gasteiger charge is 2.02. The average molecular weight is 156 g/mol. The molecule has 0 aliphatic rings. The fourth-order valence-electron chi connectivity index (χ4n) is 0.521. The van der Waals surface area contributed by atoms with E-state index in [0.29, 0.717) is 0 Å². The van der Waals surface area contributed by atoms with Gasteiger partial charge in [-0.1, -0.05) is 0 Å². The molecule has 0 radical (unpaired) electrons. The van der Waals surface area contributed by atoms with Crippen LogP contribution in [0.5, 0.6) is 0 Å². The number of carbonyl (C=O) groups is 1. The maximum absolute atomic E-state index is 10.0. The van der Waals surface area contributed by atoms with Gasteiger partial charge in [-0.25, -0.2) is 0 Å². The minimum absolute atomic E-state index is 0. The zero-order chi connectivity index (χ0) is 7.56. The van der Waals surface area contributed by atoms with Crippen molar-refractivity contribution >= 4 is 11.7 Å². The predicted octanol–water partition coefficient (Wildman–Crippen LogP) is -0.226. The number of carboxylic acids is 1. The molecule has 0 aliphatic carbocycles. The molecule has 1 aromatic heterocycles. The molecular formula is C6H8N2O3. The zero-order valence-corrected chi connectivity index (χ0v) is 5.96. The summed E-state index contributed by atoms with van der Waals surface area (Å²) in [7, 11) is 0. The highest BCUT2D eigenvalue weighted by molar-refractivity contribution is 6.39. The van der Waals surface area contributed by atoms with Crippen molar-refractivity contribution in [2.75, 3.05) is 0 Å². The lowest BCUT2D eigenvalue weighted by atomic mass is 10.3. The van der Waals surface area contributed by atoms with E-state index in [0.717, 1.165) is 0 Å². The van der Waals surface area contributed by atoms with Gasteiger partial charge in [-0.15, -0.1) is 0 Å². The summed E-state index contributed by atoms with van der Waals surface area (Å²) in [6, 6.07) is 2.89. The van der Waals surface area contributed by atoms with Gasteiger partial charge in [0.2, 0.25) is 0 Å². The van der Waals surface area contributed by atoms with Gasteiger partial charge in [0.1, 0.15) is 5.71 Å². The molecule has 1 rings (SSSR count). The zero-order valence-electron chi connectivity index (χ0n) is 5.96. The molecule has 1 heterocycles. The van der Waals surface area contributed by atoms with Gasteiger partial charge in [-0.05, 0) is 12.1 Å². The van der Waals surface area contributed by atoms with Gasteiger partial charge in [0, 0.05) is 0 Å². The quantitative estimate of drug-likeness (QED) is 0.576. The normalized spacial score (nSPS) is 8.36. The third kappa shape index (κ3) is 1.91. The lowest BCUT2D eigenvalue weighted by Crippen LogP contribution is -2.31. The van der Waals surface area contributed by atoms with E-state index in [-0.39, 0.29) is 11.9 Å². The van der Waals surface area contributed by atoms with Crippen LogP contribution in [0.4, 0.5) is 0 Å². The van der Waals surface area contributed by atoms with Crippen LogP contribution in [0.1, 0.15) is 5.76 Å². The van der Waals surface area contributed by atoms with Crippen LogP contribution in [0, 0.1) is 5.41 Å². The maximum atomic E-state index is 10.0. The molecule has 0 aromatic carbocycles. The van der Waals surface area contributed by atoms with E-state index in [1.54, 1.807) is 0 Å². The number of carboxylic acid groups (broad SMARTS) is 1. The second-order valence-corrected chi connectivity index (χ2v) is 1.64. The molecule has 5 heteroatoms. The Morgan fingerprint density at radius 1 is 1.64 bits per heavy atom. The molecular weight excluding hydrogens is 148 g/mol. The number of quaternary nitrogens is 1. The van der Waals surface area contributed by atoms with Crippen molar-refractivity contribution in [2.45, 2.75) is 0 Å². The molecule has 0 saturated heterocycles. The minimum Gasteiger partial charge on any atom is -0.543 e. The minimum atomic E-state index is -1.53. The Bertz CT molecular complexity index is 253. The summed E-state index contributed by atoms with van der Waals surface area (Å²) in [5, 5.41) is 16.8. The van der Waals surface area contributed by atoms with Gasteiger partial charge < -0.3 is 20.5 Å². The third-order valence-electron chi connectivity index (χ3n) is 0.972. The number of rotatable bonds is 2. The van der Waals surface area contributed by atoms with Gasteiger partial charge in [0.25, 0.3) is 0 Å². The van der Waals surface area contributed by atoms with Crippen LogP contribution in [0.2, 0.25) is 0 Å². The topological polar surface area (TPSA) is 114 Å². The number of furan rings is 1. The maximum Gasteiger partial charge on any atom is 0.153 e. The highest BCUT2D eigenvalue weighted by atomic mass is 16.4. The predicted molar refractivity (Wildman–Crippen MR) is 36.5 cm³/mol. The van der Waals surface area contributed by atoms with E-state index in [9.17, 15) is 9.90 Å². The molecule has 0 atom stereocenters. The first kappa shape index (κ1) is 9.38. The van der Waals surface area contributed by atoms with Crippen LogP contribution in [-0.4, -0.2) is 11.7 Å². The summed E-state index contributed by atoms with van der Waals surface area (Å²) in [4.78, 5) is 10.0. The van der Waals surface area contributed by atoms with Crippen molar-refractivity contribution in [1.82, 2.24) is 6.15 Å². The van der Waals surface area contributed by atoms with Crippen molar-refractivity contribution in [3.8, 4) is 0 Å². The summed E-state index contributed by atoms with van der Waals surface area (Å²) in [5.41, 5.74) is -0.634. The largest absolute Gasteiger partial charge is 0.543 e. The van der Waals surface area contributed by atoms with E-state index in [1.807, 2.05) is 0 Å². The van der Waals surface area contributed by atoms with Crippen molar-refractivity contribution in [1.29, 1.82) is 5.41 Å². The lowest BCUT2D eigenvalue weighted by Gasteiger charge is -1.98. The van der Waals surface area contributed by atoms with Gasteiger partial charge in [-0.3, -0.25) is 5.41 Å². The molecule has 0 spiro atoms. The van der Waals surface area contributed by atoms with Gasteiger partial charge in [0.05, 0.1) is 12.2 Å². The molecule has 0 unspecified atom stereocenters. The summed E-state index contributed by atoms with van der Waals surface area (Å²) in [5.74, 6) is -1.52. The van der Waals surface area contributed by atoms with E-state index >= 15 is 0 Å². The van der Waals surface area contributed by atoms with Gasteiger partial charge in [0.15, 0.2) is 5.76 Å². The summed E-state index contributed by atoms with van der Waals surface area (Å²) < 4.78 is 4.61. The molecule has 0 saturated carbocycles. The van der Waals surface area contributed by atoms with Crippen LogP contribution in [0.3, 0.4) is 0 Å². The van der Waals surface area contributed by atoms with Crippen molar-refractivity contribution in [2.24, 2.45) is 0 Å². The van der Waals surface area contributed by atoms with E-state index < -0.39 is 11.7 Å². The average Bonchev–Trinajstić information content (AvgIpc) is 2.36. The summed E-state index contributed by atoms with van der Waals surface area (Å²) >= 11 is 0. The van der Waals surface area contributed by atoms with Crippen LogP contribution >= 0.6 is 0 Å². The van der Waals surface area contributed by atoms with Gasteiger partial charge in [-0.2, -0.15) is 0 Å². The Labute approximate surface area is 62.7 Å². The standard InChI is InChI=1S/C6H5NO3.H3N/c7-5(6(8)9)4-2-1-3-10-4;/h1-3,7H,(H,8,9);1H3. The molecule has 0 amide bonds. The van der Waals surface area contributed by atoms with Crippen LogP contribution < -0.4 is 11.3 Å². The Hall–Kier alpha value is -1.62. The molecule has 5 N–H and O–H groups in total. The molecule has 11 heavy (non-hydrogen) atoms. The lowest BCUT2D eigenvalue weighted by molar-refractivity contribution is -0.294. The molecule has 5 nitrogen and oxygen atoms in total. The Kier molecular flexibility index (Phi) is 3.01. The first-order valence-electron chi connectivity index (χ1n) is 2.55. The van der Waals surface area contributed by atoms with Crippen LogP contribution in [0.15, 0.2) is 22.8 Å². The smallest absolute Gasteiger partial charge is 0.153 e. The van der Waals surface area contributed by atoms with E-state index in [2.05, 4.69) is 4.42 Å². The summed E-state index contributed by atoms with van der Waals surface area (Å²) in [6.45, 7) is 0. The van der Waals surface area contributed by atoms with Crippen molar-refractivity contribution < 1.29 is 14.3 Å². The Balaban J connectivity index is 0.000001000. The molecule has 60 valence electrons. The Morgan fingerprint density at radius 2 is 2.27 bits per heavy atom. The van der Waals surface area contributed by atoms with Crippen molar-refractivity contribution in [3.63, 3.8) is 0 Å².